The van der Waals surface area contributed by atoms with E-state index in [-0.39, 0.29) is 0 Å². The average Bonchev–Trinajstić information content (AvgIpc) is 2.45. The summed E-state index contributed by atoms with van der Waals surface area (Å²) in [7, 11) is 0. The fourth-order valence-corrected chi connectivity index (χ4v) is 2.93. The lowest BCUT2D eigenvalue weighted by Crippen LogP contribution is -2.03. The number of rotatable bonds is 3. The molecule has 0 bridgehead atoms. The van der Waals surface area contributed by atoms with Crippen molar-refractivity contribution in [3.05, 3.63) is 77.0 Å². The first-order valence-corrected chi connectivity index (χ1v) is 7.22. The summed E-state index contributed by atoms with van der Waals surface area (Å²) in [5.41, 5.74) is 5.50. The van der Waals surface area contributed by atoms with Crippen LogP contribution in [0.4, 0.5) is 0 Å². The van der Waals surface area contributed by atoms with Crippen LogP contribution in [0.25, 0.3) is 10.9 Å². The monoisotopic (exact) mass is 277 g/mol. The van der Waals surface area contributed by atoms with Crippen LogP contribution in [0, 0.1) is 13.8 Å². The molecule has 0 aliphatic rings. The number of aromatic nitrogens is 1. The number of nitrogens with zero attached hydrogens (tertiary/aromatic N) is 1. The van der Waals surface area contributed by atoms with Gasteiger partial charge in [-0.2, -0.15) is 0 Å². The smallest absolute Gasteiger partial charge is 0.0837 e. The molecule has 106 valence electrons. The zero-order chi connectivity index (χ0) is 14.8. The summed E-state index contributed by atoms with van der Waals surface area (Å²) in [6.07, 6.45) is 1.87. The Morgan fingerprint density at radius 3 is 2.48 bits per heavy atom. The van der Waals surface area contributed by atoms with E-state index in [1.54, 1.807) is 6.20 Å². The Morgan fingerprint density at radius 1 is 1.00 bits per heavy atom. The highest BCUT2D eigenvalue weighted by Gasteiger charge is 2.12. The summed E-state index contributed by atoms with van der Waals surface area (Å²) in [6.45, 7) is 4.18. The molecule has 2 aromatic carbocycles. The molecule has 0 aliphatic carbocycles. The second kappa shape index (κ2) is 5.66. The Balaban J connectivity index is 1.95. The van der Waals surface area contributed by atoms with Gasteiger partial charge in [0.2, 0.25) is 0 Å². The maximum absolute atomic E-state index is 10.6. The predicted molar refractivity (Wildman–Crippen MR) is 86.3 cm³/mol. The van der Waals surface area contributed by atoms with Gasteiger partial charge in [0, 0.05) is 18.0 Å². The van der Waals surface area contributed by atoms with Gasteiger partial charge >= 0.3 is 0 Å². The fourth-order valence-electron chi connectivity index (χ4n) is 2.93. The van der Waals surface area contributed by atoms with Gasteiger partial charge in [-0.3, -0.25) is 4.98 Å². The number of pyridine rings is 1. The minimum Gasteiger partial charge on any atom is -0.388 e. The first kappa shape index (κ1) is 13.8. The van der Waals surface area contributed by atoms with E-state index < -0.39 is 6.10 Å². The lowest BCUT2D eigenvalue weighted by molar-refractivity contribution is 0.180. The molecule has 1 aromatic heterocycles. The third-order valence-corrected chi connectivity index (χ3v) is 3.75. The van der Waals surface area contributed by atoms with Crippen molar-refractivity contribution in [1.29, 1.82) is 0 Å². The molecule has 2 heteroatoms. The number of hydrogen-bond acceptors (Lipinski definition) is 2. The van der Waals surface area contributed by atoms with E-state index in [0.717, 1.165) is 16.5 Å². The molecule has 0 spiro atoms. The van der Waals surface area contributed by atoms with Gasteiger partial charge in [0.15, 0.2) is 0 Å². The van der Waals surface area contributed by atoms with Crippen LogP contribution in [0.15, 0.2) is 54.7 Å². The Hall–Kier alpha value is -2.19. The summed E-state index contributed by atoms with van der Waals surface area (Å²) in [6, 6.07) is 16.3. The van der Waals surface area contributed by atoms with Gasteiger partial charge in [0.1, 0.15) is 0 Å². The van der Waals surface area contributed by atoms with E-state index in [1.165, 1.54) is 16.7 Å². The van der Waals surface area contributed by atoms with Gasteiger partial charge in [0.05, 0.1) is 11.6 Å². The van der Waals surface area contributed by atoms with E-state index >= 15 is 0 Å². The molecule has 1 atom stereocenters. The van der Waals surface area contributed by atoms with E-state index in [9.17, 15) is 5.11 Å². The van der Waals surface area contributed by atoms with E-state index in [2.05, 4.69) is 37.0 Å². The Morgan fingerprint density at radius 2 is 1.71 bits per heavy atom. The normalized spacial score (nSPS) is 12.5. The van der Waals surface area contributed by atoms with Crippen molar-refractivity contribution in [2.24, 2.45) is 0 Å². The molecule has 21 heavy (non-hydrogen) atoms. The SMILES string of the molecule is Cc1cc(C)cc(CC(O)c2ccnc3ccccc23)c1. The molecule has 0 amide bonds. The van der Waals surface area contributed by atoms with Gasteiger partial charge in [-0.15, -0.1) is 0 Å². The van der Waals surface area contributed by atoms with Crippen LogP contribution < -0.4 is 0 Å². The Labute approximate surface area is 125 Å². The van der Waals surface area contributed by atoms with Crippen molar-refractivity contribution in [3.63, 3.8) is 0 Å². The largest absolute Gasteiger partial charge is 0.388 e. The van der Waals surface area contributed by atoms with Crippen molar-refractivity contribution >= 4 is 10.9 Å². The minimum atomic E-state index is -0.515. The van der Waals surface area contributed by atoms with Crippen LogP contribution in [0.1, 0.15) is 28.4 Å². The first-order valence-electron chi connectivity index (χ1n) is 7.22. The zero-order valence-corrected chi connectivity index (χ0v) is 12.4. The molecule has 0 fully saturated rings. The highest BCUT2D eigenvalue weighted by Crippen LogP contribution is 2.26. The molecule has 0 radical (unpaired) electrons. The summed E-state index contributed by atoms with van der Waals surface area (Å²) in [5, 5.41) is 11.7. The highest BCUT2D eigenvalue weighted by atomic mass is 16.3. The third kappa shape index (κ3) is 2.96. The van der Waals surface area contributed by atoms with E-state index in [0.29, 0.717) is 6.42 Å². The predicted octanol–water partition coefficient (Wildman–Crippen LogP) is 4.13. The number of aliphatic hydroxyl groups excluding tert-OH is 1. The lowest BCUT2D eigenvalue weighted by atomic mass is 9.96. The number of benzene rings is 2. The van der Waals surface area contributed by atoms with Gasteiger partial charge in [-0.1, -0.05) is 47.5 Å². The van der Waals surface area contributed by atoms with Crippen LogP contribution in [0.3, 0.4) is 0 Å². The van der Waals surface area contributed by atoms with Crippen LogP contribution in [0.2, 0.25) is 0 Å². The number of hydrogen-bond donors (Lipinski definition) is 1. The van der Waals surface area contributed by atoms with Gasteiger partial charge < -0.3 is 5.11 Å². The maximum atomic E-state index is 10.6. The maximum Gasteiger partial charge on any atom is 0.0837 e. The summed E-state index contributed by atoms with van der Waals surface area (Å²) in [4.78, 5) is 4.35. The molecular weight excluding hydrogens is 258 g/mol. The van der Waals surface area contributed by atoms with Crippen LogP contribution >= 0.6 is 0 Å². The standard InChI is InChI=1S/C19H19NO/c1-13-9-14(2)11-15(10-13)12-19(21)17-7-8-20-18-6-4-3-5-16(17)18/h3-11,19,21H,12H2,1-2H3. The van der Waals surface area contributed by atoms with Crippen molar-refractivity contribution in [2.75, 3.05) is 0 Å². The Kier molecular flexibility index (Phi) is 3.72. The zero-order valence-electron chi connectivity index (χ0n) is 12.4. The Bertz CT molecular complexity index is 754. The summed E-state index contributed by atoms with van der Waals surface area (Å²) >= 11 is 0. The average molecular weight is 277 g/mol. The number of fused-ring (bicyclic) bond motifs is 1. The number of aryl methyl sites for hydroxylation is 2. The van der Waals surface area contributed by atoms with E-state index in [1.807, 2.05) is 30.3 Å². The molecule has 1 unspecified atom stereocenters. The van der Waals surface area contributed by atoms with Crippen LogP contribution in [-0.4, -0.2) is 10.1 Å². The molecule has 3 rings (SSSR count). The van der Waals surface area contributed by atoms with Gasteiger partial charge in [0.25, 0.3) is 0 Å². The van der Waals surface area contributed by atoms with Crippen molar-refractivity contribution in [3.8, 4) is 0 Å². The van der Waals surface area contributed by atoms with Crippen molar-refractivity contribution in [1.82, 2.24) is 4.98 Å². The van der Waals surface area contributed by atoms with Gasteiger partial charge in [-0.05, 0) is 37.1 Å². The summed E-state index contributed by atoms with van der Waals surface area (Å²) in [5.74, 6) is 0. The highest BCUT2D eigenvalue weighted by molar-refractivity contribution is 5.82. The molecule has 2 nitrogen and oxygen atoms in total. The lowest BCUT2D eigenvalue weighted by Gasteiger charge is -2.14. The third-order valence-electron chi connectivity index (χ3n) is 3.75. The molecule has 0 saturated heterocycles. The van der Waals surface area contributed by atoms with Crippen LogP contribution in [0.5, 0.6) is 0 Å². The van der Waals surface area contributed by atoms with Crippen molar-refractivity contribution in [2.45, 2.75) is 26.4 Å². The van der Waals surface area contributed by atoms with Gasteiger partial charge in [-0.25, -0.2) is 0 Å². The minimum absolute atomic E-state index is 0.515. The molecule has 1 heterocycles. The number of para-hydroxylation sites is 1. The molecule has 0 aliphatic heterocycles. The van der Waals surface area contributed by atoms with Crippen LogP contribution in [-0.2, 0) is 6.42 Å². The second-order valence-corrected chi connectivity index (χ2v) is 5.63. The van der Waals surface area contributed by atoms with E-state index in [4.69, 9.17) is 0 Å². The number of aliphatic hydroxyl groups is 1. The quantitative estimate of drug-likeness (QED) is 0.781. The fraction of sp³-hybridized carbons (Fsp3) is 0.211. The first-order chi connectivity index (χ1) is 10.1. The van der Waals surface area contributed by atoms with Crippen molar-refractivity contribution < 1.29 is 5.11 Å². The molecule has 1 N–H and O–H groups in total. The molecular formula is C19H19NO. The molecule has 3 aromatic rings. The second-order valence-electron chi connectivity index (χ2n) is 5.63. The molecule has 0 saturated carbocycles. The summed E-state index contributed by atoms with van der Waals surface area (Å²) < 4.78 is 0. The topological polar surface area (TPSA) is 33.1 Å².